The monoisotopic (exact) mass is 313 g/mol. The summed E-state index contributed by atoms with van der Waals surface area (Å²) in [6.45, 7) is 3.88. The molecule has 5 heteroatoms. The number of sulfone groups is 1. The first-order chi connectivity index (χ1) is 9.55. The molecule has 2 atom stereocenters. The number of thioether (sulfide) groups is 1. The maximum absolute atomic E-state index is 11.7. The van der Waals surface area contributed by atoms with E-state index in [1.807, 2.05) is 23.9 Å². The second-order valence-electron chi connectivity index (χ2n) is 5.16. The van der Waals surface area contributed by atoms with E-state index in [0.717, 1.165) is 10.9 Å². The fourth-order valence-corrected chi connectivity index (χ4v) is 4.65. The minimum atomic E-state index is -3.09. The van der Waals surface area contributed by atoms with Crippen molar-refractivity contribution < 1.29 is 8.42 Å². The van der Waals surface area contributed by atoms with Crippen LogP contribution in [0.5, 0.6) is 0 Å². The van der Waals surface area contributed by atoms with Crippen LogP contribution in [-0.4, -0.2) is 31.2 Å². The van der Waals surface area contributed by atoms with E-state index in [2.05, 4.69) is 12.2 Å². The quantitative estimate of drug-likeness (QED) is 0.872. The predicted molar refractivity (Wildman–Crippen MR) is 87.4 cm³/mol. The molecule has 2 rings (SSSR count). The van der Waals surface area contributed by atoms with Gasteiger partial charge in [-0.1, -0.05) is 13.8 Å². The van der Waals surface area contributed by atoms with Crippen LogP contribution >= 0.6 is 11.8 Å². The van der Waals surface area contributed by atoms with Crippen molar-refractivity contribution in [3.63, 3.8) is 0 Å². The number of nitrogens with one attached hydrogen (secondary N) is 1. The van der Waals surface area contributed by atoms with Crippen molar-refractivity contribution in [2.45, 2.75) is 49.3 Å². The summed E-state index contributed by atoms with van der Waals surface area (Å²) >= 11 is 2.04. The van der Waals surface area contributed by atoms with Crippen molar-refractivity contribution in [2.24, 2.45) is 0 Å². The molecule has 0 aromatic heterocycles. The summed E-state index contributed by atoms with van der Waals surface area (Å²) < 4.78 is 23.5. The van der Waals surface area contributed by atoms with Crippen LogP contribution in [-0.2, 0) is 9.84 Å². The second kappa shape index (κ2) is 6.85. The van der Waals surface area contributed by atoms with Crippen molar-refractivity contribution in [1.29, 1.82) is 0 Å². The summed E-state index contributed by atoms with van der Waals surface area (Å²) in [6.07, 6.45) is 3.68. The third-order valence-electron chi connectivity index (χ3n) is 3.75. The van der Waals surface area contributed by atoms with E-state index >= 15 is 0 Å². The predicted octanol–water partition coefficient (Wildman–Crippen LogP) is 3.57. The molecule has 1 aromatic rings. The van der Waals surface area contributed by atoms with Gasteiger partial charge in [-0.2, -0.15) is 11.8 Å². The van der Waals surface area contributed by atoms with Crippen molar-refractivity contribution in [2.75, 3.05) is 16.8 Å². The molecular weight excluding hydrogens is 290 g/mol. The van der Waals surface area contributed by atoms with Gasteiger partial charge in [0.15, 0.2) is 9.84 Å². The Balaban J connectivity index is 1.95. The second-order valence-corrected chi connectivity index (χ2v) is 9.02. The Bertz CT molecular complexity index is 525. The summed E-state index contributed by atoms with van der Waals surface area (Å²) in [7, 11) is -3.09. The van der Waals surface area contributed by atoms with Crippen LogP contribution in [0.2, 0.25) is 0 Å². The van der Waals surface area contributed by atoms with Gasteiger partial charge in [0.25, 0.3) is 0 Å². The van der Waals surface area contributed by atoms with Gasteiger partial charge >= 0.3 is 0 Å². The van der Waals surface area contributed by atoms with E-state index in [9.17, 15) is 8.42 Å². The van der Waals surface area contributed by atoms with E-state index in [-0.39, 0.29) is 5.75 Å². The van der Waals surface area contributed by atoms with Gasteiger partial charge < -0.3 is 5.32 Å². The minimum absolute atomic E-state index is 0.151. The smallest absolute Gasteiger partial charge is 0.178 e. The van der Waals surface area contributed by atoms with E-state index in [4.69, 9.17) is 0 Å². The Morgan fingerprint density at radius 3 is 2.50 bits per heavy atom. The first-order valence-corrected chi connectivity index (χ1v) is 9.96. The molecule has 1 N–H and O–H groups in total. The van der Waals surface area contributed by atoms with E-state index in [1.54, 1.807) is 19.1 Å². The van der Waals surface area contributed by atoms with Crippen LogP contribution in [0.4, 0.5) is 5.69 Å². The summed E-state index contributed by atoms with van der Waals surface area (Å²) in [6, 6.07) is 7.68. The number of rotatable bonds is 6. The number of hydrogen-bond acceptors (Lipinski definition) is 4. The Morgan fingerprint density at radius 2 is 1.90 bits per heavy atom. The number of anilines is 1. The molecule has 2 unspecified atom stereocenters. The summed E-state index contributed by atoms with van der Waals surface area (Å²) in [5.41, 5.74) is 1.02. The largest absolute Gasteiger partial charge is 0.382 e. The molecule has 0 bridgehead atoms. The average Bonchev–Trinajstić information content (AvgIpc) is 2.87. The molecule has 1 saturated carbocycles. The zero-order valence-electron chi connectivity index (χ0n) is 12.1. The van der Waals surface area contributed by atoms with Gasteiger partial charge in [-0.15, -0.1) is 0 Å². The third-order valence-corrected chi connectivity index (χ3v) is 6.73. The van der Waals surface area contributed by atoms with Gasteiger partial charge in [0.2, 0.25) is 0 Å². The topological polar surface area (TPSA) is 46.2 Å². The van der Waals surface area contributed by atoms with Crippen LogP contribution in [0.15, 0.2) is 29.2 Å². The first-order valence-electron chi connectivity index (χ1n) is 7.26. The Labute approximate surface area is 126 Å². The highest BCUT2D eigenvalue weighted by molar-refractivity contribution is 7.99. The summed E-state index contributed by atoms with van der Waals surface area (Å²) in [4.78, 5) is 0.413. The molecule has 112 valence electrons. The highest BCUT2D eigenvalue weighted by Crippen LogP contribution is 2.31. The molecule has 1 aliphatic rings. The molecule has 0 aliphatic heterocycles. The first kappa shape index (κ1) is 15.7. The number of hydrogen-bond donors (Lipinski definition) is 1. The van der Waals surface area contributed by atoms with Gasteiger partial charge in [0.1, 0.15) is 0 Å². The third kappa shape index (κ3) is 3.92. The van der Waals surface area contributed by atoms with Crippen molar-refractivity contribution in [3.8, 4) is 0 Å². The Kier molecular flexibility index (Phi) is 5.38. The van der Waals surface area contributed by atoms with Gasteiger partial charge in [0, 0.05) is 17.0 Å². The van der Waals surface area contributed by atoms with E-state index in [1.165, 1.54) is 25.0 Å². The lowest BCUT2D eigenvalue weighted by Gasteiger charge is -2.15. The molecule has 3 nitrogen and oxygen atoms in total. The zero-order chi connectivity index (χ0) is 14.6. The van der Waals surface area contributed by atoms with Gasteiger partial charge in [0.05, 0.1) is 10.6 Å². The molecular formula is C15H23NO2S2. The standard InChI is InChI=1S/C15H23NO2S2/c1-3-19-14-8-5-13(11-14)16-12-6-9-15(10-7-12)20(17,18)4-2/h6-7,9-10,13-14,16H,3-5,8,11H2,1-2H3. The molecule has 1 aliphatic carbocycles. The van der Waals surface area contributed by atoms with E-state index in [0.29, 0.717) is 10.9 Å². The van der Waals surface area contributed by atoms with Crippen LogP contribution in [0.1, 0.15) is 33.1 Å². The van der Waals surface area contributed by atoms with Crippen LogP contribution in [0.3, 0.4) is 0 Å². The van der Waals surface area contributed by atoms with Gasteiger partial charge in [-0.25, -0.2) is 8.42 Å². The maximum Gasteiger partial charge on any atom is 0.178 e. The van der Waals surface area contributed by atoms with Crippen molar-refractivity contribution in [3.05, 3.63) is 24.3 Å². The average molecular weight is 313 g/mol. The highest BCUT2D eigenvalue weighted by Gasteiger charge is 2.24. The fraction of sp³-hybridized carbons (Fsp3) is 0.600. The molecule has 0 spiro atoms. The normalized spacial score (nSPS) is 22.9. The molecule has 20 heavy (non-hydrogen) atoms. The maximum atomic E-state index is 11.7. The summed E-state index contributed by atoms with van der Waals surface area (Å²) in [5, 5.41) is 4.29. The molecule has 0 amide bonds. The highest BCUT2D eigenvalue weighted by atomic mass is 32.2. The molecule has 0 radical (unpaired) electrons. The van der Waals surface area contributed by atoms with Gasteiger partial charge in [-0.05, 0) is 49.3 Å². The Morgan fingerprint density at radius 1 is 1.20 bits per heavy atom. The lowest BCUT2D eigenvalue weighted by molar-refractivity contribution is 0.597. The molecule has 0 heterocycles. The van der Waals surface area contributed by atoms with Crippen molar-refractivity contribution >= 4 is 27.3 Å². The Hall–Kier alpha value is -0.680. The van der Waals surface area contributed by atoms with Crippen molar-refractivity contribution in [1.82, 2.24) is 0 Å². The molecule has 1 fully saturated rings. The molecule has 0 saturated heterocycles. The lowest BCUT2D eigenvalue weighted by Crippen LogP contribution is -2.16. The van der Waals surface area contributed by atoms with Crippen LogP contribution < -0.4 is 5.32 Å². The number of benzene rings is 1. The lowest BCUT2D eigenvalue weighted by atomic mass is 10.2. The summed E-state index contributed by atoms with van der Waals surface area (Å²) in [5.74, 6) is 1.33. The van der Waals surface area contributed by atoms with Crippen LogP contribution in [0, 0.1) is 0 Å². The van der Waals surface area contributed by atoms with Crippen LogP contribution in [0.25, 0.3) is 0 Å². The van der Waals surface area contributed by atoms with E-state index < -0.39 is 9.84 Å². The fourth-order valence-electron chi connectivity index (χ4n) is 2.62. The van der Waals surface area contributed by atoms with Gasteiger partial charge in [-0.3, -0.25) is 0 Å². The molecule has 1 aromatic carbocycles. The SMILES string of the molecule is CCSC1CCC(Nc2ccc(S(=O)(=O)CC)cc2)C1. The minimum Gasteiger partial charge on any atom is -0.382 e. The zero-order valence-corrected chi connectivity index (χ0v) is 13.8.